The molecule has 102 valence electrons. The molecule has 1 atom stereocenters. The van der Waals surface area contributed by atoms with E-state index < -0.39 is 0 Å². The number of nitrogens with zero attached hydrogens (tertiary/aromatic N) is 4. The molecule has 5 heteroatoms. The fourth-order valence-electron chi connectivity index (χ4n) is 2.97. The summed E-state index contributed by atoms with van der Waals surface area (Å²) in [6.45, 7) is 5.64. The monoisotopic (exact) mass is 314 g/mol. The molecule has 0 spiro atoms. The second kappa shape index (κ2) is 5.61. The Kier molecular flexibility index (Phi) is 4.33. The first-order valence-corrected chi connectivity index (χ1v) is 7.63. The minimum absolute atomic E-state index is 0.776. The molecule has 1 fully saturated rings. The topological polar surface area (TPSA) is 24.3 Å². The Morgan fingerprint density at radius 1 is 1.44 bits per heavy atom. The molecule has 2 rings (SSSR count). The van der Waals surface area contributed by atoms with Crippen molar-refractivity contribution in [3.63, 3.8) is 0 Å². The van der Waals surface area contributed by atoms with E-state index in [0.717, 1.165) is 23.5 Å². The van der Waals surface area contributed by atoms with Crippen LogP contribution in [0.25, 0.3) is 0 Å². The maximum absolute atomic E-state index is 4.53. The summed E-state index contributed by atoms with van der Waals surface area (Å²) in [5, 5.41) is 5.40. The molecule has 2 heterocycles. The van der Waals surface area contributed by atoms with Crippen LogP contribution in [0.4, 0.5) is 5.82 Å². The Morgan fingerprint density at radius 2 is 2.17 bits per heavy atom. The molecular formula is C13H23BrN4. The van der Waals surface area contributed by atoms with Crippen molar-refractivity contribution in [1.82, 2.24) is 14.7 Å². The predicted molar refractivity (Wildman–Crippen MR) is 79.5 cm³/mol. The molecule has 1 unspecified atom stereocenters. The molecule has 0 aliphatic carbocycles. The fraction of sp³-hybridized carbons (Fsp3) is 0.769. The normalized spacial score (nSPS) is 20.6. The average molecular weight is 315 g/mol. The minimum atomic E-state index is 0.776. The van der Waals surface area contributed by atoms with Crippen LogP contribution in [-0.2, 0) is 12.4 Å². The zero-order valence-electron chi connectivity index (χ0n) is 11.8. The van der Waals surface area contributed by atoms with Crippen molar-refractivity contribution in [3.8, 4) is 0 Å². The minimum Gasteiger partial charge on any atom is -0.359 e. The number of likely N-dealkylation sites (tertiary alicyclic amines) is 1. The van der Waals surface area contributed by atoms with Gasteiger partial charge in [0.15, 0.2) is 0 Å². The number of anilines is 1. The molecule has 18 heavy (non-hydrogen) atoms. The van der Waals surface area contributed by atoms with Gasteiger partial charge in [-0.15, -0.1) is 0 Å². The predicted octanol–water partition coefficient (Wildman–Crippen LogP) is 2.01. The highest BCUT2D eigenvalue weighted by Gasteiger charge is 2.23. The van der Waals surface area contributed by atoms with E-state index in [4.69, 9.17) is 0 Å². The average Bonchev–Trinajstić information content (AvgIpc) is 2.82. The first-order chi connectivity index (χ1) is 8.52. The molecule has 4 nitrogen and oxygen atoms in total. The Balaban J connectivity index is 2.11. The largest absolute Gasteiger partial charge is 0.359 e. The summed E-state index contributed by atoms with van der Waals surface area (Å²) in [4.78, 5) is 4.78. The van der Waals surface area contributed by atoms with Gasteiger partial charge in [0.1, 0.15) is 5.82 Å². The van der Waals surface area contributed by atoms with Crippen LogP contribution in [0.5, 0.6) is 0 Å². The molecule has 0 bridgehead atoms. The molecule has 0 N–H and O–H groups in total. The third-order valence-electron chi connectivity index (χ3n) is 3.83. The van der Waals surface area contributed by atoms with Crippen molar-refractivity contribution in [2.24, 2.45) is 13.0 Å². The smallest absolute Gasteiger partial charge is 0.130 e. The number of aromatic nitrogens is 2. The van der Waals surface area contributed by atoms with Gasteiger partial charge in [0, 0.05) is 38.1 Å². The molecule has 1 aromatic heterocycles. The summed E-state index contributed by atoms with van der Waals surface area (Å²) < 4.78 is 2.00. The summed E-state index contributed by atoms with van der Waals surface area (Å²) in [5.74, 6) is 2.03. The van der Waals surface area contributed by atoms with Crippen LogP contribution >= 0.6 is 15.9 Å². The van der Waals surface area contributed by atoms with E-state index in [1.807, 2.05) is 11.7 Å². The second-order valence-corrected chi connectivity index (χ2v) is 6.00. The van der Waals surface area contributed by atoms with E-state index in [1.165, 1.54) is 30.9 Å². The Hall–Kier alpha value is -0.550. The first kappa shape index (κ1) is 13.9. The van der Waals surface area contributed by atoms with E-state index in [2.05, 4.69) is 51.8 Å². The van der Waals surface area contributed by atoms with Crippen molar-refractivity contribution < 1.29 is 0 Å². The summed E-state index contributed by atoms with van der Waals surface area (Å²) in [6, 6.07) is 0. The first-order valence-electron chi connectivity index (χ1n) is 6.51. The molecule has 0 aromatic carbocycles. The molecular weight excluding hydrogens is 292 g/mol. The summed E-state index contributed by atoms with van der Waals surface area (Å²) in [6.07, 6.45) is 1.31. The van der Waals surface area contributed by atoms with Gasteiger partial charge in [-0.05, 0) is 32.9 Å². The highest BCUT2D eigenvalue weighted by Crippen LogP contribution is 2.26. The Bertz CT molecular complexity index is 415. The van der Waals surface area contributed by atoms with Crippen LogP contribution in [0.1, 0.15) is 17.7 Å². The van der Waals surface area contributed by atoms with E-state index in [9.17, 15) is 0 Å². The highest BCUT2D eigenvalue weighted by atomic mass is 79.9. The van der Waals surface area contributed by atoms with E-state index in [0.29, 0.717) is 0 Å². The van der Waals surface area contributed by atoms with Gasteiger partial charge in [-0.1, -0.05) is 15.9 Å². The van der Waals surface area contributed by atoms with E-state index >= 15 is 0 Å². The maximum Gasteiger partial charge on any atom is 0.130 e. The second-order valence-electron chi connectivity index (χ2n) is 5.44. The van der Waals surface area contributed by atoms with Gasteiger partial charge in [-0.25, -0.2) is 0 Å². The lowest BCUT2D eigenvalue weighted by Gasteiger charge is -2.24. The van der Waals surface area contributed by atoms with E-state index in [-0.39, 0.29) is 0 Å². The SMILES string of the molecule is Cc1nn(C)c(N(C)CC2CCN(C)C2)c1CBr. The van der Waals surface area contributed by atoms with Gasteiger partial charge < -0.3 is 9.80 Å². The number of hydrogen-bond donors (Lipinski definition) is 0. The van der Waals surface area contributed by atoms with Gasteiger partial charge in [-0.2, -0.15) is 5.10 Å². The molecule has 0 saturated carbocycles. The maximum atomic E-state index is 4.53. The summed E-state index contributed by atoms with van der Waals surface area (Å²) >= 11 is 3.57. The molecule has 1 aromatic rings. The van der Waals surface area contributed by atoms with Crippen molar-refractivity contribution in [2.45, 2.75) is 18.7 Å². The van der Waals surface area contributed by atoms with Gasteiger partial charge in [0.25, 0.3) is 0 Å². The third kappa shape index (κ3) is 2.72. The van der Waals surface area contributed by atoms with Crippen molar-refractivity contribution in [1.29, 1.82) is 0 Å². The third-order valence-corrected chi connectivity index (χ3v) is 4.39. The number of rotatable bonds is 4. The van der Waals surface area contributed by atoms with Gasteiger partial charge in [0.05, 0.1) is 5.69 Å². The zero-order chi connectivity index (χ0) is 13.3. The summed E-state index contributed by atoms with van der Waals surface area (Å²) in [7, 11) is 6.42. The van der Waals surface area contributed by atoms with Crippen LogP contribution in [0.3, 0.4) is 0 Å². The van der Waals surface area contributed by atoms with Crippen molar-refractivity contribution in [3.05, 3.63) is 11.3 Å². The zero-order valence-corrected chi connectivity index (χ0v) is 13.4. The van der Waals surface area contributed by atoms with E-state index in [1.54, 1.807) is 0 Å². The van der Waals surface area contributed by atoms with Crippen molar-refractivity contribution in [2.75, 3.05) is 38.6 Å². The molecule has 0 radical (unpaired) electrons. The van der Waals surface area contributed by atoms with Crippen molar-refractivity contribution >= 4 is 21.7 Å². The quantitative estimate of drug-likeness (QED) is 0.795. The van der Waals surface area contributed by atoms with Crippen LogP contribution in [0.15, 0.2) is 0 Å². The van der Waals surface area contributed by atoms with Gasteiger partial charge in [-0.3, -0.25) is 4.68 Å². The number of aryl methyl sites for hydroxylation is 2. The highest BCUT2D eigenvalue weighted by molar-refractivity contribution is 9.08. The van der Waals surface area contributed by atoms with Crippen LogP contribution < -0.4 is 4.90 Å². The number of hydrogen-bond acceptors (Lipinski definition) is 3. The van der Waals surface area contributed by atoms with Crippen LogP contribution in [0.2, 0.25) is 0 Å². The van der Waals surface area contributed by atoms with Gasteiger partial charge >= 0.3 is 0 Å². The lowest BCUT2D eigenvalue weighted by molar-refractivity contribution is 0.395. The number of alkyl halides is 1. The molecule has 0 amide bonds. The lowest BCUT2D eigenvalue weighted by atomic mass is 10.1. The van der Waals surface area contributed by atoms with Crippen LogP contribution in [-0.4, -0.2) is 48.4 Å². The molecule has 1 aliphatic rings. The molecule has 1 aliphatic heterocycles. The number of halogens is 1. The fourth-order valence-corrected chi connectivity index (χ4v) is 3.63. The van der Waals surface area contributed by atoms with Crippen LogP contribution in [0, 0.1) is 12.8 Å². The Morgan fingerprint density at radius 3 is 2.72 bits per heavy atom. The standard InChI is InChI=1S/C13H23BrN4/c1-10-12(7-14)13(18(4)15-10)17(3)9-11-5-6-16(2)8-11/h11H,5-9H2,1-4H3. The Labute approximate surface area is 118 Å². The molecule has 1 saturated heterocycles. The lowest BCUT2D eigenvalue weighted by Crippen LogP contribution is -2.29. The summed E-state index contributed by atoms with van der Waals surface area (Å²) in [5.41, 5.74) is 2.44. The van der Waals surface area contributed by atoms with Gasteiger partial charge in [0.2, 0.25) is 0 Å².